The van der Waals surface area contributed by atoms with E-state index < -0.39 is 29.9 Å². The Morgan fingerprint density at radius 1 is 1.35 bits per heavy atom. The Morgan fingerprint density at radius 2 is 2.08 bits per heavy atom. The third-order valence-electron chi connectivity index (χ3n) is 5.60. The van der Waals surface area contributed by atoms with Gasteiger partial charge in [0.05, 0.1) is 18.1 Å². The fraction of sp³-hybridized carbons (Fsp3) is 0.611. The van der Waals surface area contributed by atoms with Crippen molar-refractivity contribution < 1.29 is 27.4 Å². The number of nitrogens with zero attached hydrogens (tertiary/aromatic N) is 1. The highest BCUT2D eigenvalue weighted by Crippen LogP contribution is 2.47. The van der Waals surface area contributed by atoms with Gasteiger partial charge < -0.3 is 14.4 Å². The fourth-order valence-electron chi connectivity index (χ4n) is 4.31. The first kappa shape index (κ1) is 17.6. The summed E-state index contributed by atoms with van der Waals surface area (Å²) in [5, 5.41) is 2.89. The lowest BCUT2D eigenvalue weighted by molar-refractivity contribution is -0.207. The standard InChI is InChI=1S/C18H21F3N2O3/c1-17-10-22-15(26-16(24)18(19,20)21)14(17)11-5-4-6-13(12(11)9-25-17)23-7-2-3-8-23/h4-6,14-15,22H,2-3,7-10H2,1H3. The average Bonchev–Trinajstić information content (AvgIpc) is 3.22. The lowest BCUT2D eigenvalue weighted by atomic mass is 9.80. The Balaban J connectivity index is 1.68. The number of rotatable bonds is 2. The molecule has 2 saturated heterocycles. The summed E-state index contributed by atoms with van der Waals surface area (Å²) in [6.45, 7) is 4.49. The van der Waals surface area contributed by atoms with Crippen LogP contribution in [0.25, 0.3) is 0 Å². The van der Waals surface area contributed by atoms with E-state index in [-0.39, 0.29) is 0 Å². The van der Waals surface area contributed by atoms with Crippen LogP contribution in [0.1, 0.15) is 36.8 Å². The van der Waals surface area contributed by atoms with Gasteiger partial charge in [-0.3, -0.25) is 5.32 Å². The first-order valence-electron chi connectivity index (χ1n) is 8.81. The first-order chi connectivity index (χ1) is 12.3. The zero-order chi connectivity index (χ0) is 18.5. The van der Waals surface area contributed by atoms with Gasteiger partial charge in [-0.1, -0.05) is 12.1 Å². The molecule has 4 rings (SSSR count). The van der Waals surface area contributed by atoms with Gasteiger partial charge in [0.25, 0.3) is 0 Å². The third kappa shape index (κ3) is 2.85. The number of benzene rings is 1. The maximum atomic E-state index is 12.6. The second kappa shape index (κ2) is 6.13. The van der Waals surface area contributed by atoms with Crippen LogP contribution in [0.2, 0.25) is 0 Å². The maximum absolute atomic E-state index is 12.6. The van der Waals surface area contributed by atoms with Gasteiger partial charge in [0.15, 0.2) is 6.23 Å². The average molecular weight is 370 g/mol. The topological polar surface area (TPSA) is 50.8 Å². The zero-order valence-electron chi connectivity index (χ0n) is 14.4. The quantitative estimate of drug-likeness (QED) is 0.812. The summed E-state index contributed by atoms with van der Waals surface area (Å²) in [7, 11) is 0. The molecule has 1 aromatic carbocycles. The van der Waals surface area contributed by atoms with Crippen LogP contribution >= 0.6 is 0 Å². The second-order valence-electron chi connectivity index (χ2n) is 7.32. The highest BCUT2D eigenvalue weighted by Gasteiger charge is 2.54. The molecule has 1 N–H and O–H groups in total. The molecule has 3 aliphatic heterocycles. The van der Waals surface area contributed by atoms with Gasteiger partial charge in [-0.15, -0.1) is 0 Å². The molecule has 0 bridgehead atoms. The summed E-state index contributed by atoms with van der Waals surface area (Å²) in [6.07, 6.45) is -3.84. The number of carbonyl (C=O) groups excluding carboxylic acids is 1. The Bertz CT molecular complexity index is 718. The molecule has 5 nitrogen and oxygen atoms in total. The van der Waals surface area contributed by atoms with Gasteiger partial charge in [0.2, 0.25) is 0 Å². The maximum Gasteiger partial charge on any atom is 0.490 e. The molecule has 0 saturated carbocycles. The molecule has 3 aliphatic rings. The number of hydrogen-bond acceptors (Lipinski definition) is 5. The van der Waals surface area contributed by atoms with E-state index in [1.165, 1.54) is 0 Å². The van der Waals surface area contributed by atoms with E-state index in [1.807, 2.05) is 25.1 Å². The van der Waals surface area contributed by atoms with Crippen molar-refractivity contribution in [1.82, 2.24) is 5.32 Å². The predicted octanol–water partition coefficient (Wildman–Crippen LogP) is 2.69. The van der Waals surface area contributed by atoms with E-state index in [9.17, 15) is 18.0 Å². The Kier molecular flexibility index (Phi) is 4.15. The summed E-state index contributed by atoms with van der Waals surface area (Å²) >= 11 is 0. The molecule has 0 aromatic heterocycles. The number of halogens is 3. The highest BCUT2D eigenvalue weighted by atomic mass is 19.4. The van der Waals surface area contributed by atoms with Gasteiger partial charge >= 0.3 is 12.1 Å². The molecule has 8 heteroatoms. The van der Waals surface area contributed by atoms with Gasteiger partial charge in [0.1, 0.15) is 0 Å². The normalized spacial score (nSPS) is 30.8. The molecule has 0 radical (unpaired) electrons. The molecule has 3 atom stereocenters. The van der Waals surface area contributed by atoms with Crippen LogP contribution in [-0.2, 0) is 20.9 Å². The number of hydrogen-bond donors (Lipinski definition) is 1. The number of fused-ring (bicyclic) bond motifs is 3. The van der Waals surface area contributed by atoms with Crippen molar-refractivity contribution in [2.45, 2.75) is 50.3 Å². The van der Waals surface area contributed by atoms with Gasteiger partial charge in [-0.05, 0) is 31.4 Å². The second-order valence-corrected chi connectivity index (χ2v) is 7.32. The molecule has 1 aromatic rings. The van der Waals surface area contributed by atoms with Gasteiger partial charge in [-0.25, -0.2) is 4.79 Å². The number of alkyl halides is 3. The predicted molar refractivity (Wildman–Crippen MR) is 87.8 cm³/mol. The fourth-order valence-corrected chi connectivity index (χ4v) is 4.31. The number of nitrogens with one attached hydrogen (secondary N) is 1. The molecule has 142 valence electrons. The van der Waals surface area contributed by atoms with Crippen molar-refractivity contribution in [2.75, 3.05) is 24.5 Å². The molecule has 3 heterocycles. The first-order valence-corrected chi connectivity index (χ1v) is 8.81. The van der Waals surface area contributed by atoms with Crippen LogP contribution in [0.5, 0.6) is 0 Å². The molecule has 3 unspecified atom stereocenters. The van der Waals surface area contributed by atoms with Crippen molar-refractivity contribution in [3.8, 4) is 0 Å². The van der Waals surface area contributed by atoms with Gasteiger partial charge in [-0.2, -0.15) is 13.2 Å². The molecular weight excluding hydrogens is 349 g/mol. The zero-order valence-corrected chi connectivity index (χ0v) is 14.4. The summed E-state index contributed by atoms with van der Waals surface area (Å²) in [5.41, 5.74) is 2.23. The van der Waals surface area contributed by atoms with E-state index in [1.54, 1.807) is 0 Å². The summed E-state index contributed by atoms with van der Waals surface area (Å²) in [5.74, 6) is -2.66. The minimum atomic E-state index is -5.02. The Morgan fingerprint density at radius 3 is 2.77 bits per heavy atom. The number of anilines is 1. The number of ether oxygens (including phenoxy) is 2. The van der Waals surface area contributed by atoms with E-state index in [0.717, 1.165) is 42.7 Å². The highest BCUT2D eigenvalue weighted by molar-refractivity contribution is 5.76. The van der Waals surface area contributed by atoms with E-state index >= 15 is 0 Å². The Hall–Kier alpha value is -1.80. The summed E-state index contributed by atoms with van der Waals surface area (Å²) < 4.78 is 48.8. The van der Waals surface area contributed by atoms with Gasteiger partial charge in [0, 0.05) is 30.9 Å². The third-order valence-corrected chi connectivity index (χ3v) is 5.60. The lowest BCUT2D eigenvalue weighted by Crippen LogP contribution is -2.43. The van der Waals surface area contributed by atoms with Crippen LogP contribution < -0.4 is 10.2 Å². The monoisotopic (exact) mass is 370 g/mol. The van der Waals surface area contributed by atoms with E-state index in [4.69, 9.17) is 9.47 Å². The molecule has 0 spiro atoms. The SMILES string of the molecule is CC12CNC(OC(=O)C(F)(F)F)C1c1cccc(N3CCCC3)c1CO2. The van der Waals surface area contributed by atoms with Crippen molar-refractivity contribution in [3.63, 3.8) is 0 Å². The number of esters is 1. The van der Waals surface area contributed by atoms with Crippen LogP contribution in [-0.4, -0.2) is 43.6 Å². The van der Waals surface area contributed by atoms with E-state index in [2.05, 4.69) is 10.2 Å². The lowest BCUT2D eigenvalue weighted by Gasteiger charge is -2.40. The van der Waals surface area contributed by atoms with E-state index in [0.29, 0.717) is 13.2 Å². The van der Waals surface area contributed by atoms with Crippen molar-refractivity contribution in [3.05, 3.63) is 29.3 Å². The van der Waals surface area contributed by atoms with Crippen LogP contribution in [0, 0.1) is 0 Å². The van der Waals surface area contributed by atoms with Crippen molar-refractivity contribution in [1.29, 1.82) is 0 Å². The Labute approximate surface area is 149 Å². The molecule has 0 aliphatic carbocycles. The largest absolute Gasteiger partial charge is 0.490 e. The van der Waals surface area contributed by atoms with Crippen LogP contribution in [0.3, 0.4) is 0 Å². The minimum absolute atomic E-state index is 0.320. The number of carbonyl (C=O) groups is 1. The van der Waals surface area contributed by atoms with Crippen LogP contribution in [0.15, 0.2) is 18.2 Å². The van der Waals surface area contributed by atoms with Crippen molar-refractivity contribution >= 4 is 11.7 Å². The van der Waals surface area contributed by atoms with Crippen LogP contribution in [0.4, 0.5) is 18.9 Å². The van der Waals surface area contributed by atoms with Crippen molar-refractivity contribution in [2.24, 2.45) is 0 Å². The molecule has 2 fully saturated rings. The minimum Gasteiger partial charge on any atom is -0.439 e. The molecular formula is C18H21F3N2O3. The molecule has 26 heavy (non-hydrogen) atoms. The summed E-state index contributed by atoms with van der Waals surface area (Å²) in [4.78, 5) is 13.6. The smallest absolute Gasteiger partial charge is 0.439 e. The summed E-state index contributed by atoms with van der Waals surface area (Å²) in [6, 6.07) is 5.84. The molecule has 0 amide bonds.